The van der Waals surface area contributed by atoms with Crippen LogP contribution in [0.3, 0.4) is 0 Å². The summed E-state index contributed by atoms with van der Waals surface area (Å²) in [5.74, 6) is 0.864. The second kappa shape index (κ2) is 7.13. The molecule has 0 atom stereocenters. The summed E-state index contributed by atoms with van der Waals surface area (Å²) >= 11 is 1.27. The third kappa shape index (κ3) is 3.63. The number of aromatic nitrogens is 3. The van der Waals surface area contributed by atoms with Gasteiger partial charge in [-0.05, 0) is 47.5 Å². The number of halogens is 1. The van der Waals surface area contributed by atoms with Crippen LogP contribution in [0.25, 0.3) is 23.2 Å². The van der Waals surface area contributed by atoms with Gasteiger partial charge in [0.15, 0.2) is 5.82 Å². The zero-order chi connectivity index (χ0) is 18.8. The molecule has 0 radical (unpaired) electrons. The summed E-state index contributed by atoms with van der Waals surface area (Å²) in [5, 5.41) is 4.24. The number of rotatable bonds is 4. The van der Waals surface area contributed by atoms with Crippen molar-refractivity contribution in [3.8, 4) is 5.75 Å². The van der Waals surface area contributed by atoms with Gasteiger partial charge in [-0.15, -0.1) is 5.10 Å². The first-order valence-corrected chi connectivity index (χ1v) is 8.93. The van der Waals surface area contributed by atoms with Gasteiger partial charge in [-0.25, -0.2) is 4.39 Å². The number of hydrogen-bond acceptors (Lipinski definition) is 5. The molecule has 2 aromatic carbocycles. The molecule has 0 unspecified atom stereocenters. The van der Waals surface area contributed by atoms with Crippen LogP contribution in [0.15, 0.2) is 53.3 Å². The standard InChI is InChI=1S/C20H14FN3O2S/c1-26-16-4-2-3-14(11-16)12-17-19(25)24-20(27-17)22-18(23-24)10-7-13-5-8-15(21)9-6-13/h2-12H,1H3. The van der Waals surface area contributed by atoms with Gasteiger partial charge in [-0.2, -0.15) is 9.50 Å². The Hall–Kier alpha value is -3.32. The minimum atomic E-state index is -0.288. The van der Waals surface area contributed by atoms with Gasteiger partial charge in [0.1, 0.15) is 11.6 Å². The van der Waals surface area contributed by atoms with Gasteiger partial charge in [0.25, 0.3) is 5.56 Å². The summed E-state index contributed by atoms with van der Waals surface area (Å²) < 4.78 is 20.0. The van der Waals surface area contributed by atoms with Gasteiger partial charge in [-0.3, -0.25) is 4.79 Å². The first-order chi connectivity index (χ1) is 13.1. The van der Waals surface area contributed by atoms with E-state index in [9.17, 15) is 9.18 Å². The third-order valence-corrected chi connectivity index (χ3v) is 4.84. The Morgan fingerprint density at radius 3 is 2.67 bits per heavy atom. The largest absolute Gasteiger partial charge is 0.497 e. The topological polar surface area (TPSA) is 56.5 Å². The second-order valence-electron chi connectivity index (χ2n) is 5.74. The monoisotopic (exact) mass is 379 g/mol. The van der Waals surface area contributed by atoms with E-state index in [-0.39, 0.29) is 11.4 Å². The number of hydrogen-bond donors (Lipinski definition) is 0. The number of benzene rings is 2. The number of thiazole rings is 1. The van der Waals surface area contributed by atoms with E-state index in [0.717, 1.165) is 16.9 Å². The van der Waals surface area contributed by atoms with Crippen molar-refractivity contribution in [1.29, 1.82) is 0 Å². The van der Waals surface area contributed by atoms with Crippen molar-refractivity contribution in [2.75, 3.05) is 7.11 Å². The lowest BCUT2D eigenvalue weighted by molar-refractivity contribution is 0.414. The summed E-state index contributed by atoms with van der Waals surface area (Å²) in [6, 6.07) is 13.5. The molecule has 0 N–H and O–H groups in total. The Morgan fingerprint density at radius 2 is 1.93 bits per heavy atom. The Labute approximate surface area is 157 Å². The van der Waals surface area contributed by atoms with E-state index in [2.05, 4.69) is 10.1 Å². The smallest absolute Gasteiger partial charge is 0.291 e. The van der Waals surface area contributed by atoms with Crippen molar-refractivity contribution >= 4 is 34.5 Å². The molecule has 4 rings (SSSR count). The molecule has 4 aromatic rings. The molecule has 0 aliphatic heterocycles. The minimum absolute atomic E-state index is 0.216. The normalized spacial score (nSPS) is 12.3. The molecule has 134 valence electrons. The number of methoxy groups -OCH3 is 1. The van der Waals surface area contributed by atoms with Crippen LogP contribution in [-0.4, -0.2) is 21.7 Å². The molecular weight excluding hydrogens is 365 g/mol. The third-order valence-electron chi connectivity index (χ3n) is 3.88. The summed E-state index contributed by atoms with van der Waals surface area (Å²) in [4.78, 5) is 17.4. The molecule has 0 spiro atoms. The van der Waals surface area contributed by atoms with Gasteiger partial charge in [0.2, 0.25) is 4.96 Å². The molecule has 0 aliphatic carbocycles. The molecular formula is C20H14FN3O2S. The van der Waals surface area contributed by atoms with Gasteiger partial charge < -0.3 is 4.74 Å². The lowest BCUT2D eigenvalue weighted by Gasteiger charge is -1.99. The molecule has 0 fully saturated rings. The Bertz CT molecular complexity index is 1240. The van der Waals surface area contributed by atoms with Gasteiger partial charge in [0, 0.05) is 0 Å². The Balaban J connectivity index is 1.66. The molecule has 27 heavy (non-hydrogen) atoms. The van der Waals surface area contributed by atoms with Crippen molar-refractivity contribution in [2.24, 2.45) is 0 Å². The molecule has 2 aromatic heterocycles. The first kappa shape index (κ1) is 17.1. The van der Waals surface area contributed by atoms with Crippen LogP contribution >= 0.6 is 11.3 Å². The van der Waals surface area contributed by atoms with Crippen molar-refractivity contribution in [1.82, 2.24) is 14.6 Å². The van der Waals surface area contributed by atoms with Crippen LogP contribution in [0.5, 0.6) is 5.75 Å². The predicted octanol–water partition coefficient (Wildman–Crippen LogP) is 3.02. The maximum atomic E-state index is 12.9. The molecule has 0 bridgehead atoms. The number of nitrogens with zero attached hydrogens (tertiary/aromatic N) is 3. The average molecular weight is 379 g/mol. The summed E-state index contributed by atoms with van der Waals surface area (Å²) in [7, 11) is 1.60. The van der Waals surface area contributed by atoms with Crippen molar-refractivity contribution in [3.05, 3.63) is 86.2 Å². The van der Waals surface area contributed by atoms with Crippen LogP contribution in [-0.2, 0) is 0 Å². The zero-order valence-electron chi connectivity index (χ0n) is 14.3. The maximum absolute atomic E-state index is 12.9. The van der Waals surface area contributed by atoms with Crippen molar-refractivity contribution in [2.45, 2.75) is 0 Å². The first-order valence-electron chi connectivity index (χ1n) is 8.11. The highest BCUT2D eigenvalue weighted by Gasteiger charge is 2.09. The van der Waals surface area contributed by atoms with E-state index < -0.39 is 0 Å². The molecule has 0 saturated carbocycles. The van der Waals surface area contributed by atoms with E-state index in [1.54, 1.807) is 37.5 Å². The predicted molar refractivity (Wildman–Crippen MR) is 104 cm³/mol. The highest BCUT2D eigenvalue weighted by molar-refractivity contribution is 7.15. The summed E-state index contributed by atoms with van der Waals surface area (Å²) in [5.41, 5.74) is 1.48. The number of ether oxygens (including phenoxy) is 1. The van der Waals surface area contributed by atoms with Gasteiger partial charge in [0.05, 0.1) is 11.6 Å². The van der Waals surface area contributed by atoms with Crippen LogP contribution in [0.4, 0.5) is 4.39 Å². The van der Waals surface area contributed by atoms with Crippen LogP contribution in [0, 0.1) is 5.82 Å². The fourth-order valence-corrected chi connectivity index (χ4v) is 3.46. The molecule has 0 amide bonds. The molecule has 7 heteroatoms. The molecule has 5 nitrogen and oxygen atoms in total. The van der Waals surface area contributed by atoms with Crippen LogP contribution in [0.2, 0.25) is 0 Å². The second-order valence-corrected chi connectivity index (χ2v) is 6.75. The molecule has 2 heterocycles. The van der Waals surface area contributed by atoms with Crippen molar-refractivity contribution < 1.29 is 9.13 Å². The highest BCUT2D eigenvalue weighted by Crippen LogP contribution is 2.13. The Morgan fingerprint density at radius 1 is 1.11 bits per heavy atom. The lowest BCUT2D eigenvalue weighted by Crippen LogP contribution is -2.23. The van der Waals surface area contributed by atoms with E-state index >= 15 is 0 Å². The zero-order valence-corrected chi connectivity index (χ0v) is 15.1. The van der Waals surface area contributed by atoms with E-state index in [0.29, 0.717) is 15.3 Å². The summed E-state index contributed by atoms with van der Waals surface area (Å²) in [6.07, 6.45) is 5.25. The minimum Gasteiger partial charge on any atom is -0.497 e. The average Bonchev–Trinajstić information content (AvgIpc) is 3.21. The van der Waals surface area contributed by atoms with Crippen LogP contribution in [0.1, 0.15) is 17.0 Å². The fourth-order valence-electron chi connectivity index (χ4n) is 2.55. The summed E-state index contributed by atoms with van der Waals surface area (Å²) in [6.45, 7) is 0. The van der Waals surface area contributed by atoms with Gasteiger partial charge >= 0.3 is 0 Å². The quantitative estimate of drug-likeness (QED) is 0.547. The maximum Gasteiger partial charge on any atom is 0.291 e. The lowest BCUT2D eigenvalue weighted by atomic mass is 10.2. The molecule has 0 saturated heterocycles. The SMILES string of the molecule is COc1cccc(C=c2sc3nc(C=Cc4ccc(F)cc4)nn3c2=O)c1. The van der Waals surface area contributed by atoms with E-state index in [1.807, 2.05) is 24.3 Å². The highest BCUT2D eigenvalue weighted by atomic mass is 32.1. The van der Waals surface area contributed by atoms with Crippen LogP contribution < -0.4 is 14.8 Å². The Kier molecular flexibility index (Phi) is 4.52. The molecule has 0 aliphatic rings. The van der Waals surface area contributed by atoms with Gasteiger partial charge in [-0.1, -0.05) is 41.7 Å². The van der Waals surface area contributed by atoms with E-state index in [4.69, 9.17) is 4.74 Å². The number of fused-ring (bicyclic) bond motifs is 1. The van der Waals surface area contributed by atoms with Crippen molar-refractivity contribution in [3.63, 3.8) is 0 Å². The fraction of sp³-hybridized carbons (Fsp3) is 0.0500. The van der Waals surface area contributed by atoms with E-state index in [1.165, 1.54) is 28.0 Å².